The molecule has 18 heavy (non-hydrogen) atoms. The van der Waals surface area contributed by atoms with Crippen LogP contribution in [0.1, 0.15) is 24.8 Å². The molecular weight excluding hydrogens is 265 g/mol. The molecule has 1 aromatic rings. The van der Waals surface area contributed by atoms with Crippen LogP contribution >= 0.6 is 0 Å². The van der Waals surface area contributed by atoms with Crippen molar-refractivity contribution in [3.63, 3.8) is 0 Å². The number of halogens is 3. The van der Waals surface area contributed by atoms with Crippen molar-refractivity contribution in [2.24, 2.45) is 0 Å². The van der Waals surface area contributed by atoms with E-state index in [2.05, 4.69) is 41.8 Å². The smallest absolute Gasteiger partial charge is 0.333 e. The van der Waals surface area contributed by atoms with Gasteiger partial charge in [0.15, 0.2) is 0 Å². The Morgan fingerprint density at radius 3 is 1.94 bits per heavy atom. The van der Waals surface area contributed by atoms with Gasteiger partial charge in [0.1, 0.15) is 0 Å². The van der Waals surface area contributed by atoms with Gasteiger partial charge in [0.2, 0.25) is 0 Å². The van der Waals surface area contributed by atoms with Gasteiger partial charge in [-0.05, 0) is 25.9 Å². The fourth-order valence-electron chi connectivity index (χ4n) is 1.80. The standard InChI is InChI=1S/C12H16N.BF3.K/c1-3-7-12(8-4-1)11-13-9-5-2-6-10-13;2-1(3)4;/h1,3-4,7-8,11H,2,5-6,9-10H2;;/q-1;;+1. The molecule has 0 aromatic heterocycles. The summed E-state index contributed by atoms with van der Waals surface area (Å²) in [4.78, 5) is 2.43. The average molecular weight is 281 g/mol. The van der Waals surface area contributed by atoms with Gasteiger partial charge in [0.05, 0.1) is 0 Å². The molecule has 1 aliphatic rings. The maximum absolute atomic E-state index is 9.67. The Morgan fingerprint density at radius 2 is 1.44 bits per heavy atom. The molecule has 1 saturated heterocycles. The molecule has 0 bridgehead atoms. The van der Waals surface area contributed by atoms with Crippen LogP contribution in [0.4, 0.5) is 12.9 Å². The minimum absolute atomic E-state index is 0. The fourth-order valence-corrected chi connectivity index (χ4v) is 1.80. The number of likely N-dealkylation sites (tertiary alicyclic amines) is 1. The summed E-state index contributed by atoms with van der Waals surface area (Å²) in [7, 11) is -3.67. The molecule has 6 heteroatoms. The maximum atomic E-state index is 9.67. The molecule has 1 nitrogen and oxygen atoms in total. The molecule has 0 saturated carbocycles. The number of piperidine rings is 1. The van der Waals surface area contributed by atoms with Crippen molar-refractivity contribution in [3.8, 4) is 0 Å². The minimum atomic E-state index is -3.67. The number of hydrogen-bond donors (Lipinski definition) is 0. The van der Waals surface area contributed by atoms with Crippen molar-refractivity contribution in [3.05, 3.63) is 42.4 Å². The summed E-state index contributed by atoms with van der Waals surface area (Å²) in [5.41, 5.74) is 1.32. The van der Waals surface area contributed by atoms with Crippen molar-refractivity contribution in [2.75, 3.05) is 13.1 Å². The Kier molecular flexibility index (Phi) is 11.7. The van der Waals surface area contributed by atoms with Crippen LogP contribution < -0.4 is 51.4 Å². The molecule has 0 aliphatic carbocycles. The van der Waals surface area contributed by atoms with Gasteiger partial charge in [0, 0.05) is 0 Å². The van der Waals surface area contributed by atoms with Crippen molar-refractivity contribution >= 4 is 7.54 Å². The van der Waals surface area contributed by atoms with Gasteiger partial charge in [-0.15, -0.1) is 18.7 Å². The van der Waals surface area contributed by atoms with Crippen LogP contribution in [-0.2, 0) is 0 Å². The zero-order chi connectivity index (χ0) is 12.5. The molecule has 0 amide bonds. The van der Waals surface area contributed by atoms with Crippen molar-refractivity contribution in [2.45, 2.75) is 19.3 Å². The number of benzene rings is 1. The molecule has 1 heterocycles. The summed E-state index contributed by atoms with van der Waals surface area (Å²) in [6.45, 7) is 4.74. The molecule has 1 fully saturated rings. The van der Waals surface area contributed by atoms with Gasteiger partial charge in [-0.3, -0.25) is 12.9 Å². The third-order valence-corrected chi connectivity index (χ3v) is 2.52. The van der Waals surface area contributed by atoms with E-state index in [1.807, 2.05) is 0 Å². The largest absolute Gasteiger partial charge is 1.00 e. The van der Waals surface area contributed by atoms with Gasteiger partial charge in [-0.1, -0.05) is 12.5 Å². The zero-order valence-electron chi connectivity index (χ0n) is 10.7. The molecular formula is C12H16BF3KN. The van der Waals surface area contributed by atoms with Crippen molar-refractivity contribution in [1.29, 1.82) is 0 Å². The van der Waals surface area contributed by atoms with Gasteiger partial charge >= 0.3 is 58.9 Å². The molecule has 0 N–H and O–H groups in total. The topological polar surface area (TPSA) is 3.24 Å². The summed E-state index contributed by atoms with van der Waals surface area (Å²) in [6, 6.07) is 10.6. The van der Waals surface area contributed by atoms with E-state index >= 15 is 0 Å². The maximum Gasteiger partial charge on any atom is 1.00 e. The molecule has 94 valence electrons. The third kappa shape index (κ3) is 9.47. The Labute approximate surface area is 150 Å². The SMILES string of the molecule is FB(F)F.[K+].c1ccc([CH-]N2CCCCC2)cc1. The van der Waals surface area contributed by atoms with E-state index in [1.165, 1.54) is 37.9 Å². The van der Waals surface area contributed by atoms with Gasteiger partial charge < -0.3 is 4.90 Å². The second kappa shape index (κ2) is 11.4. The average Bonchev–Trinajstić information content (AvgIpc) is 2.31. The molecule has 1 aliphatic heterocycles. The Hall–Kier alpha value is 0.541. The summed E-state index contributed by atoms with van der Waals surface area (Å²) in [5.74, 6) is 0. The first-order valence-electron chi connectivity index (χ1n) is 5.74. The van der Waals surface area contributed by atoms with E-state index in [0.29, 0.717) is 0 Å². The van der Waals surface area contributed by atoms with Crippen LogP contribution in [0.25, 0.3) is 0 Å². The Balaban J connectivity index is 0.000000512. The zero-order valence-corrected chi connectivity index (χ0v) is 13.8. The molecule has 1 aromatic carbocycles. The first-order chi connectivity index (χ1) is 8.18. The van der Waals surface area contributed by atoms with E-state index in [1.54, 1.807) is 0 Å². The number of rotatable bonds is 2. The normalized spacial score (nSPS) is 14.8. The first-order valence-corrected chi connectivity index (χ1v) is 5.74. The van der Waals surface area contributed by atoms with Crippen LogP contribution in [0.3, 0.4) is 0 Å². The van der Waals surface area contributed by atoms with Crippen molar-refractivity contribution < 1.29 is 64.3 Å². The second-order valence-corrected chi connectivity index (χ2v) is 3.88. The van der Waals surface area contributed by atoms with Crippen LogP contribution in [0, 0.1) is 6.54 Å². The molecule has 0 spiro atoms. The van der Waals surface area contributed by atoms with E-state index < -0.39 is 7.54 Å². The predicted octanol–water partition coefficient (Wildman–Crippen LogP) is 0.566. The van der Waals surface area contributed by atoms with Crippen LogP contribution in [0.15, 0.2) is 30.3 Å². The van der Waals surface area contributed by atoms with Crippen LogP contribution in [0.2, 0.25) is 0 Å². The van der Waals surface area contributed by atoms with Crippen LogP contribution in [0.5, 0.6) is 0 Å². The van der Waals surface area contributed by atoms with Gasteiger partial charge in [0.25, 0.3) is 0 Å². The fraction of sp³-hybridized carbons (Fsp3) is 0.417. The minimum Gasteiger partial charge on any atom is -0.333 e. The van der Waals surface area contributed by atoms with Gasteiger partial charge in [-0.2, -0.15) is 17.7 Å². The number of nitrogens with zero attached hydrogens (tertiary/aromatic N) is 1. The van der Waals surface area contributed by atoms with E-state index in [4.69, 9.17) is 0 Å². The Bertz CT molecular complexity index is 292. The second-order valence-electron chi connectivity index (χ2n) is 3.88. The molecule has 0 radical (unpaired) electrons. The molecule has 0 unspecified atom stereocenters. The summed E-state index contributed by atoms with van der Waals surface area (Å²) in [6.07, 6.45) is 4.10. The van der Waals surface area contributed by atoms with Crippen LogP contribution in [-0.4, -0.2) is 25.5 Å². The van der Waals surface area contributed by atoms with Crippen molar-refractivity contribution in [1.82, 2.24) is 4.90 Å². The van der Waals surface area contributed by atoms with E-state index in [9.17, 15) is 12.9 Å². The Morgan fingerprint density at radius 1 is 0.944 bits per heavy atom. The number of hydrogen-bond acceptors (Lipinski definition) is 1. The third-order valence-electron chi connectivity index (χ3n) is 2.52. The van der Waals surface area contributed by atoms with E-state index in [0.717, 1.165) is 0 Å². The van der Waals surface area contributed by atoms with E-state index in [-0.39, 0.29) is 51.4 Å². The predicted molar refractivity (Wildman–Crippen MR) is 64.3 cm³/mol. The first kappa shape index (κ1) is 18.5. The quantitative estimate of drug-likeness (QED) is 0.566. The monoisotopic (exact) mass is 281 g/mol. The molecule has 0 atom stereocenters. The summed E-state index contributed by atoms with van der Waals surface area (Å²) < 4.78 is 29.0. The summed E-state index contributed by atoms with van der Waals surface area (Å²) in [5, 5.41) is 0. The molecule has 2 rings (SSSR count). The van der Waals surface area contributed by atoms with Gasteiger partial charge in [-0.25, -0.2) is 0 Å². The summed E-state index contributed by atoms with van der Waals surface area (Å²) >= 11 is 0.